The number of aryl methyl sites for hydroxylation is 1. The second-order valence-electron chi connectivity index (χ2n) is 7.31. The van der Waals surface area contributed by atoms with Crippen molar-refractivity contribution >= 4 is 11.9 Å². The average molecular weight is 421 g/mol. The average Bonchev–Trinajstić information content (AvgIpc) is 3.23. The highest BCUT2D eigenvalue weighted by Gasteiger charge is 2.25. The van der Waals surface area contributed by atoms with E-state index in [1.54, 1.807) is 6.20 Å². The number of carbonyl (C=O) groups excluding carboxylic acids is 2. The summed E-state index contributed by atoms with van der Waals surface area (Å²) in [6.45, 7) is 3.47. The molecule has 0 aliphatic rings. The number of nitrogens with zero attached hydrogens (tertiary/aromatic N) is 2. The molecule has 2 aromatic carbocycles. The van der Waals surface area contributed by atoms with Gasteiger partial charge in [0.1, 0.15) is 0 Å². The van der Waals surface area contributed by atoms with Crippen molar-refractivity contribution < 1.29 is 19.1 Å². The van der Waals surface area contributed by atoms with Crippen LogP contribution in [0.1, 0.15) is 36.3 Å². The van der Waals surface area contributed by atoms with Crippen molar-refractivity contribution in [2.45, 2.75) is 38.8 Å². The quantitative estimate of drug-likeness (QED) is 0.534. The topological polar surface area (TPSA) is 82.5 Å². The molecule has 0 fully saturated rings. The Morgan fingerprint density at radius 3 is 2.32 bits per heavy atom. The fourth-order valence-corrected chi connectivity index (χ4v) is 3.09. The Bertz CT molecular complexity index is 1000. The number of esters is 1. The van der Waals surface area contributed by atoms with Crippen LogP contribution in [-0.4, -0.2) is 40.9 Å². The third-order valence-electron chi connectivity index (χ3n) is 4.87. The van der Waals surface area contributed by atoms with Gasteiger partial charge in [0.05, 0.1) is 19.0 Å². The van der Waals surface area contributed by atoms with Crippen LogP contribution in [0, 0.1) is 0 Å². The van der Waals surface area contributed by atoms with Gasteiger partial charge in [0.15, 0.2) is 11.9 Å². The molecule has 162 valence electrons. The summed E-state index contributed by atoms with van der Waals surface area (Å²) >= 11 is 0. The summed E-state index contributed by atoms with van der Waals surface area (Å²) < 4.78 is 12.1. The smallest absolute Gasteiger partial charge is 0.363 e. The number of nitrogens with one attached hydrogen (secondary N) is 1. The van der Waals surface area contributed by atoms with E-state index in [0.29, 0.717) is 0 Å². The van der Waals surface area contributed by atoms with Crippen LogP contribution in [0.15, 0.2) is 66.9 Å². The minimum absolute atomic E-state index is 0.0168. The van der Waals surface area contributed by atoms with Crippen molar-refractivity contribution in [1.82, 2.24) is 15.1 Å². The predicted molar refractivity (Wildman–Crippen MR) is 117 cm³/mol. The molecule has 2 atom stereocenters. The number of methoxy groups -OCH3 is 1. The predicted octanol–water partition coefficient (Wildman–Crippen LogP) is 3.56. The monoisotopic (exact) mass is 421 g/mol. The van der Waals surface area contributed by atoms with Gasteiger partial charge in [-0.15, -0.1) is 0 Å². The Morgan fingerprint density at radius 2 is 1.68 bits per heavy atom. The van der Waals surface area contributed by atoms with Gasteiger partial charge in [-0.25, -0.2) is 9.48 Å². The third-order valence-corrected chi connectivity index (χ3v) is 4.87. The molecule has 0 aliphatic heterocycles. The van der Waals surface area contributed by atoms with Gasteiger partial charge >= 0.3 is 5.97 Å². The molecule has 0 spiro atoms. The van der Waals surface area contributed by atoms with Gasteiger partial charge in [-0.2, -0.15) is 5.10 Å². The lowest BCUT2D eigenvalue weighted by molar-refractivity contribution is -0.129. The molecule has 7 heteroatoms. The van der Waals surface area contributed by atoms with Crippen molar-refractivity contribution in [2.75, 3.05) is 7.11 Å². The number of ether oxygens (including phenoxy) is 2. The van der Waals surface area contributed by atoms with Gasteiger partial charge < -0.3 is 14.8 Å². The van der Waals surface area contributed by atoms with Crippen LogP contribution in [0.2, 0.25) is 0 Å². The van der Waals surface area contributed by atoms with Gasteiger partial charge in [0.25, 0.3) is 5.91 Å². The zero-order chi connectivity index (χ0) is 22.2. The fourth-order valence-electron chi connectivity index (χ4n) is 3.09. The highest BCUT2D eigenvalue weighted by atomic mass is 16.6. The third kappa shape index (κ3) is 5.94. The normalized spacial score (nSPS) is 12.6. The lowest BCUT2D eigenvalue weighted by Gasteiger charge is -2.18. The Kier molecular flexibility index (Phi) is 7.43. The highest BCUT2D eigenvalue weighted by molar-refractivity contribution is 5.93. The summed E-state index contributed by atoms with van der Waals surface area (Å²) in [5.41, 5.74) is 2.00. The van der Waals surface area contributed by atoms with E-state index in [1.165, 1.54) is 24.3 Å². The summed E-state index contributed by atoms with van der Waals surface area (Å²) in [5, 5.41) is 7.17. The maximum Gasteiger partial charge on any atom is 0.363 e. The van der Waals surface area contributed by atoms with Crippen molar-refractivity contribution in [3.05, 3.63) is 78.1 Å². The molecule has 0 bridgehead atoms. The maximum absolute atomic E-state index is 12.6. The van der Waals surface area contributed by atoms with E-state index in [4.69, 9.17) is 9.47 Å². The first kappa shape index (κ1) is 22.1. The number of hydrogen-bond acceptors (Lipinski definition) is 5. The van der Waals surface area contributed by atoms with E-state index in [2.05, 4.69) is 22.5 Å². The Hall–Kier alpha value is -3.61. The standard InChI is InChI=1S/C24H27N3O4/c1-17(14-15-19-10-6-4-7-11-19)25-23(28)18(2)31-24(29)22-21(30-3)16-27(26-22)20-12-8-5-9-13-20/h4-13,16-18H,14-15H2,1-3H3,(H,25,28)/t17-,18+/m0/s1. The summed E-state index contributed by atoms with van der Waals surface area (Å²) in [7, 11) is 1.45. The number of carbonyl (C=O) groups is 2. The first-order chi connectivity index (χ1) is 15.0. The van der Waals surface area contributed by atoms with Gasteiger partial charge in [-0.3, -0.25) is 4.79 Å². The van der Waals surface area contributed by atoms with Crippen molar-refractivity contribution in [1.29, 1.82) is 0 Å². The maximum atomic E-state index is 12.6. The summed E-state index contributed by atoms with van der Waals surface area (Å²) in [6, 6.07) is 19.4. The number of benzene rings is 2. The van der Waals surface area contributed by atoms with Gasteiger partial charge in [-0.1, -0.05) is 48.5 Å². The number of aromatic nitrogens is 2. The number of hydrogen-bond donors (Lipinski definition) is 1. The molecule has 0 unspecified atom stereocenters. The molecule has 0 aliphatic carbocycles. The Labute approximate surface area is 182 Å². The Balaban J connectivity index is 1.57. The molecule has 1 aromatic heterocycles. The molecule has 0 saturated heterocycles. The van der Waals surface area contributed by atoms with Crippen LogP contribution in [0.5, 0.6) is 5.75 Å². The zero-order valence-electron chi connectivity index (χ0n) is 17.9. The number of amides is 1. The minimum atomic E-state index is -0.960. The molecule has 3 rings (SSSR count). The van der Waals surface area contributed by atoms with E-state index in [0.717, 1.165) is 18.5 Å². The van der Waals surface area contributed by atoms with Crippen molar-refractivity contribution in [3.63, 3.8) is 0 Å². The molecular weight excluding hydrogens is 394 g/mol. The van der Waals surface area contributed by atoms with Crippen LogP contribution in [0.25, 0.3) is 5.69 Å². The number of para-hydroxylation sites is 1. The fraction of sp³-hybridized carbons (Fsp3) is 0.292. The summed E-state index contributed by atoms with van der Waals surface area (Å²) in [4.78, 5) is 25.1. The van der Waals surface area contributed by atoms with Crippen molar-refractivity contribution in [3.8, 4) is 11.4 Å². The molecule has 0 saturated carbocycles. The van der Waals surface area contributed by atoms with Crippen LogP contribution in [-0.2, 0) is 16.0 Å². The Morgan fingerprint density at radius 1 is 1.03 bits per heavy atom. The SMILES string of the molecule is COc1cn(-c2ccccc2)nc1C(=O)O[C@H](C)C(=O)N[C@@H](C)CCc1ccccc1. The lowest BCUT2D eigenvalue weighted by atomic mass is 10.1. The van der Waals surface area contributed by atoms with Gasteiger partial charge in [0, 0.05) is 6.04 Å². The van der Waals surface area contributed by atoms with E-state index in [1.807, 2.05) is 55.5 Å². The van der Waals surface area contributed by atoms with Crippen LogP contribution < -0.4 is 10.1 Å². The zero-order valence-corrected chi connectivity index (χ0v) is 17.9. The van der Waals surface area contributed by atoms with Crippen LogP contribution >= 0.6 is 0 Å². The van der Waals surface area contributed by atoms with Gasteiger partial charge in [-0.05, 0) is 44.4 Å². The molecule has 7 nitrogen and oxygen atoms in total. The molecule has 1 N–H and O–H groups in total. The summed E-state index contributed by atoms with van der Waals surface area (Å²) in [6.07, 6.45) is 2.27. The van der Waals surface area contributed by atoms with E-state index < -0.39 is 12.1 Å². The van der Waals surface area contributed by atoms with Crippen LogP contribution in [0.4, 0.5) is 0 Å². The largest absolute Gasteiger partial charge is 0.493 e. The molecule has 31 heavy (non-hydrogen) atoms. The molecule has 0 radical (unpaired) electrons. The molecule has 1 amide bonds. The molecule has 3 aromatic rings. The van der Waals surface area contributed by atoms with Crippen molar-refractivity contribution in [2.24, 2.45) is 0 Å². The highest BCUT2D eigenvalue weighted by Crippen LogP contribution is 2.20. The van der Waals surface area contributed by atoms with Crippen LogP contribution in [0.3, 0.4) is 0 Å². The van der Waals surface area contributed by atoms with E-state index in [-0.39, 0.29) is 23.4 Å². The second kappa shape index (κ2) is 10.4. The second-order valence-corrected chi connectivity index (χ2v) is 7.31. The first-order valence-electron chi connectivity index (χ1n) is 10.2. The molecular formula is C24H27N3O4. The van der Waals surface area contributed by atoms with E-state index in [9.17, 15) is 9.59 Å². The minimum Gasteiger partial charge on any atom is -0.493 e. The lowest BCUT2D eigenvalue weighted by Crippen LogP contribution is -2.41. The summed E-state index contributed by atoms with van der Waals surface area (Å²) in [5.74, 6) is -0.792. The number of rotatable bonds is 9. The molecule has 1 heterocycles. The first-order valence-corrected chi connectivity index (χ1v) is 10.2. The van der Waals surface area contributed by atoms with E-state index >= 15 is 0 Å². The van der Waals surface area contributed by atoms with Gasteiger partial charge in [0.2, 0.25) is 5.69 Å².